The average Bonchev–Trinajstić information content (AvgIpc) is 3.18. The first-order valence-electron chi connectivity index (χ1n) is 11.3. The minimum Gasteiger partial charge on any atom is -0.372 e. The number of nitrogens with zero attached hydrogens (tertiary/aromatic N) is 3. The van der Waals surface area contributed by atoms with Crippen LogP contribution in [0.15, 0.2) is 10.6 Å². The molecule has 1 aromatic heterocycles. The lowest BCUT2D eigenvalue weighted by Crippen LogP contribution is -2.75. The number of amides is 5. The fourth-order valence-electron chi connectivity index (χ4n) is 5.91. The van der Waals surface area contributed by atoms with Crippen LogP contribution < -0.4 is 15.5 Å². The van der Waals surface area contributed by atoms with Crippen molar-refractivity contribution < 1.29 is 43.0 Å². The second kappa shape index (κ2) is 7.18. The van der Waals surface area contributed by atoms with Crippen LogP contribution in [-0.4, -0.2) is 77.6 Å². The molecule has 14 heteroatoms. The molecule has 0 radical (unpaired) electrons. The largest absolute Gasteiger partial charge is 0.372 e. The van der Waals surface area contributed by atoms with Crippen molar-refractivity contribution in [2.45, 2.75) is 44.4 Å². The number of urea groups is 1. The molecule has 36 heavy (non-hydrogen) atoms. The summed E-state index contributed by atoms with van der Waals surface area (Å²) in [6, 6.07) is -0.547. The van der Waals surface area contributed by atoms with E-state index in [1.165, 1.54) is 6.07 Å². The summed E-state index contributed by atoms with van der Waals surface area (Å²) >= 11 is 0. The van der Waals surface area contributed by atoms with Crippen LogP contribution in [-0.2, 0) is 20.7 Å². The molecule has 3 fully saturated rings. The van der Waals surface area contributed by atoms with Gasteiger partial charge in [-0.3, -0.25) is 25.0 Å². The third-order valence-corrected chi connectivity index (χ3v) is 7.30. The second-order valence-corrected chi connectivity index (χ2v) is 9.76. The van der Waals surface area contributed by atoms with Gasteiger partial charge in [-0.15, -0.1) is 0 Å². The molecule has 3 saturated heterocycles. The van der Waals surface area contributed by atoms with Crippen molar-refractivity contribution in [2.75, 3.05) is 24.5 Å². The monoisotopic (exact) mass is 509 g/mol. The second-order valence-electron chi connectivity index (χ2n) is 9.76. The number of aromatic nitrogens is 1. The zero-order chi connectivity index (χ0) is 25.7. The fraction of sp³-hybridized carbons (Fsp3) is 0.500. The Labute approximate surface area is 202 Å². The molecule has 4 aliphatic heterocycles. The summed E-state index contributed by atoms with van der Waals surface area (Å²) in [6.07, 6.45) is -1.42. The molecule has 0 unspecified atom stereocenters. The van der Waals surface area contributed by atoms with Gasteiger partial charge < -0.3 is 19.1 Å². The highest BCUT2D eigenvalue weighted by molar-refractivity contribution is 6.20. The summed E-state index contributed by atoms with van der Waals surface area (Å²) in [5.41, 5.74) is -2.29. The van der Waals surface area contributed by atoms with E-state index in [1.54, 1.807) is 18.7 Å². The Morgan fingerprint density at radius 3 is 2.50 bits per heavy atom. The molecule has 192 valence electrons. The summed E-state index contributed by atoms with van der Waals surface area (Å²) in [7, 11) is 0. The first kappa shape index (κ1) is 22.8. The predicted octanol–water partition coefficient (Wildman–Crippen LogP) is 1.19. The van der Waals surface area contributed by atoms with Gasteiger partial charge in [0.05, 0.1) is 42.4 Å². The summed E-state index contributed by atoms with van der Waals surface area (Å²) in [6.45, 7) is 1.93. The number of imide groups is 2. The molecule has 0 saturated carbocycles. The lowest BCUT2D eigenvalue weighted by Gasteiger charge is -2.55. The molecule has 5 heterocycles. The van der Waals surface area contributed by atoms with Crippen LogP contribution in [0.5, 0.6) is 0 Å². The molecular weight excluding hydrogens is 487 g/mol. The summed E-state index contributed by atoms with van der Waals surface area (Å²) in [5.74, 6) is -6.44. The van der Waals surface area contributed by atoms with E-state index in [1.807, 2.05) is 0 Å². The van der Waals surface area contributed by atoms with Crippen molar-refractivity contribution in [1.29, 1.82) is 0 Å². The van der Waals surface area contributed by atoms with Gasteiger partial charge in [0.2, 0.25) is 17.4 Å². The predicted molar refractivity (Wildman–Crippen MR) is 116 cm³/mol. The highest BCUT2D eigenvalue weighted by Crippen LogP contribution is 2.49. The van der Waals surface area contributed by atoms with Crippen LogP contribution in [0, 0.1) is 11.2 Å². The number of nitrogens with one attached hydrogen (secondary N) is 2. The van der Waals surface area contributed by atoms with Gasteiger partial charge in [0.1, 0.15) is 0 Å². The number of likely N-dealkylation sites (tertiary alicyclic amines) is 1. The van der Waals surface area contributed by atoms with Crippen LogP contribution in [0.25, 0.3) is 11.0 Å². The highest BCUT2D eigenvalue weighted by atomic mass is 19.3. The van der Waals surface area contributed by atoms with Crippen molar-refractivity contribution in [3.8, 4) is 0 Å². The van der Waals surface area contributed by atoms with Crippen molar-refractivity contribution in [3.63, 3.8) is 0 Å². The van der Waals surface area contributed by atoms with Crippen LogP contribution in [0.2, 0.25) is 0 Å². The molecule has 6 rings (SSSR count). The van der Waals surface area contributed by atoms with Crippen molar-refractivity contribution in [1.82, 2.24) is 20.7 Å². The van der Waals surface area contributed by atoms with E-state index in [9.17, 15) is 28.0 Å². The van der Waals surface area contributed by atoms with E-state index in [0.717, 1.165) is 4.90 Å². The maximum Gasteiger partial charge on any atom is 0.328 e. The van der Waals surface area contributed by atoms with Crippen LogP contribution in [0.1, 0.15) is 31.3 Å². The molecule has 5 amide bonds. The van der Waals surface area contributed by atoms with Gasteiger partial charge in [-0.05, 0) is 25.5 Å². The number of ether oxygens (including phenoxy) is 1. The van der Waals surface area contributed by atoms with E-state index in [2.05, 4.69) is 15.8 Å². The number of carbonyl (C=O) groups excluding carboxylic acids is 4. The van der Waals surface area contributed by atoms with Crippen molar-refractivity contribution >= 4 is 40.4 Å². The Bertz CT molecular complexity index is 1350. The van der Waals surface area contributed by atoms with Gasteiger partial charge in [-0.1, -0.05) is 5.16 Å². The van der Waals surface area contributed by atoms with Gasteiger partial charge in [0.15, 0.2) is 16.9 Å². The topological polar surface area (TPSA) is 134 Å². The quantitative estimate of drug-likeness (QED) is 0.548. The first-order chi connectivity index (χ1) is 16.9. The number of anilines is 1. The number of halogens is 3. The molecule has 11 nitrogen and oxygen atoms in total. The molecule has 4 aliphatic rings. The van der Waals surface area contributed by atoms with E-state index in [-0.39, 0.29) is 42.3 Å². The zero-order valence-electron chi connectivity index (χ0n) is 19.1. The molecule has 1 aromatic carbocycles. The third-order valence-electron chi connectivity index (χ3n) is 7.30. The first-order valence-corrected chi connectivity index (χ1v) is 11.3. The molecule has 1 spiro atoms. The number of rotatable bonds is 1. The number of carbonyl (C=O) groups is 4. The fourth-order valence-corrected chi connectivity index (χ4v) is 5.91. The number of alkyl halides is 2. The average molecular weight is 509 g/mol. The van der Waals surface area contributed by atoms with Crippen molar-refractivity contribution in [2.24, 2.45) is 5.41 Å². The Kier molecular flexibility index (Phi) is 4.54. The lowest BCUT2D eigenvalue weighted by atomic mass is 9.66. The van der Waals surface area contributed by atoms with E-state index >= 15 is 4.39 Å². The number of hydrogen-bond acceptors (Lipinski definition) is 8. The summed E-state index contributed by atoms with van der Waals surface area (Å²) < 4.78 is 53.6. The molecule has 2 aromatic rings. The van der Waals surface area contributed by atoms with Crippen molar-refractivity contribution in [3.05, 3.63) is 23.1 Å². The molecule has 0 bridgehead atoms. The normalized spacial score (nSPS) is 28.4. The Hall–Kier alpha value is -3.68. The van der Waals surface area contributed by atoms with Gasteiger partial charge in [0, 0.05) is 14.4 Å². The highest BCUT2D eigenvalue weighted by Gasteiger charge is 2.63. The molecule has 2 N–H and O–H groups in total. The smallest absolute Gasteiger partial charge is 0.328 e. The number of morpholine rings is 1. The minimum atomic E-state index is -3.01. The third kappa shape index (κ3) is 2.93. The molecular formula is C22H22F3N5O6. The van der Waals surface area contributed by atoms with Crippen LogP contribution >= 0.6 is 0 Å². The minimum absolute atomic E-state index is 0. The van der Waals surface area contributed by atoms with E-state index in [4.69, 9.17) is 9.26 Å². The van der Waals surface area contributed by atoms with Crippen LogP contribution in [0.4, 0.5) is 23.7 Å². The van der Waals surface area contributed by atoms with Gasteiger partial charge >= 0.3 is 6.03 Å². The summed E-state index contributed by atoms with van der Waals surface area (Å²) in [5, 5.41) is 7.85. The number of fused-ring (bicyclic) bond motifs is 5. The Balaban J connectivity index is 0.00000280. The maximum atomic E-state index is 16.0. The molecule has 3 atom stereocenters. The number of benzene rings is 1. The maximum absolute atomic E-state index is 16.0. The number of barbiturate groups is 1. The SMILES string of the molecule is C[C@@H]1CN2c3c(cc4c(C(=O)N5CC(F)(F)C5)noc4c3F)CC3(C(=O)NC(=O)NC3=O)[C@@H]2[C@@H](C)O1.[HH]. The Morgan fingerprint density at radius 1 is 1.19 bits per heavy atom. The van der Waals surface area contributed by atoms with Crippen LogP contribution in [0.3, 0.4) is 0 Å². The molecule has 0 aliphatic carbocycles. The lowest BCUT2D eigenvalue weighted by molar-refractivity contribution is -0.153. The van der Waals surface area contributed by atoms with E-state index in [0.29, 0.717) is 0 Å². The van der Waals surface area contributed by atoms with Gasteiger partial charge in [-0.25, -0.2) is 18.0 Å². The van der Waals surface area contributed by atoms with Gasteiger partial charge in [-0.2, -0.15) is 0 Å². The Morgan fingerprint density at radius 2 is 1.86 bits per heavy atom. The zero-order valence-corrected chi connectivity index (χ0v) is 19.1. The number of hydrogen-bond donors (Lipinski definition) is 2. The van der Waals surface area contributed by atoms with Gasteiger partial charge in [0.25, 0.3) is 11.8 Å². The summed E-state index contributed by atoms with van der Waals surface area (Å²) in [4.78, 5) is 53.5. The standard InChI is InChI=1S/C22H20F3N5O6.H2/c1-8-5-30-14-10(4-22(16(30)9(2)35-8)18(32)26-20(34)27-19(22)33)3-11-13(28-36-15(11)12(14)23)17(31)29-6-21(24,25)7-29;/h3,8-9,16H,4-7H2,1-2H3,(H2,26,27,32,33,34);1H/t8-,9-,16+;/m1./s1. The van der Waals surface area contributed by atoms with E-state index < -0.39 is 72.2 Å².